The van der Waals surface area contributed by atoms with Crippen molar-refractivity contribution in [2.75, 3.05) is 18.0 Å². The minimum atomic E-state index is -0.567. The number of likely N-dealkylation sites (tertiary alicyclic amines) is 1. The maximum atomic E-state index is 12.1. The lowest BCUT2D eigenvalue weighted by molar-refractivity contribution is -0.135. The number of benzene rings is 1. The Morgan fingerprint density at radius 1 is 1.00 bits per heavy atom. The molecule has 0 bridgehead atoms. The molecule has 0 aromatic heterocycles. The van der Waals surface area contributed by atoms with Gasteiger partial charge in [-0.05, 0) is 38.1 Å². The summed E-state index contributed by atoms with van der Waals surface area (Å²) in [5.74, 6) is -1.13. The van der Waals surface area contributed by atoms with E-state index in [9.17, 15) is 25.4 Å². The summed E-state index contributed by atoms with van der Waals surface area (Å²) in [7, 11) is 0. The molecule has 2 rings (SSSR count). The van der Waals surface area contributed by atoms with Crippen molar-refractivity contribution in [1.29, 1.82) is 15.8 Å². The van der Waals surface area contributed by atoms with Crippen LogP contribution in [0.15, 0.2) is 40.5 Å². The molecule has 28 heavy (non-hydrogen) atoms. The molecular weight excluding hydrogens is 356 g/mol. The van der Waals surface area contributed by atoms with Gasteiger partial charge >= 0.3 is 0 Å². The van der Waals surface area contributed by atoms with Gasteiger partial charge in [0.2, 0.25) is 11.8 Å². The first-order valence-electron chi connectivity index (χ1n) is 8.75. The molecule has 8 nitrogen and oxygen atoms in total. The van der Waals surface area contributed by atoms with Gasteiger partial charge in [-0.15, -0.1) is 0 Å². The lowest BCUT2D eigenvalue weighted by Crippen LogP contribution is -2.33. The number of amides is 2. The zero-order valence-electron chi connectivity index (χ0n) is 15.6. The Hall–Kier alpha value is -3.96. The molecule has 0 N–H and O–H groups in total. The zero-order chi connectivity index (χ0) is 20.7. The number of carbonyl (C=O) groups excluding carboxylic acids is 2. The number of imide groups is 1. The molecule has 1 aromatic rings. The fraction of sp³-hybridized carbons (Fsp3) is 0.300. The Labute approximate surface area is 163 Å². The molecule has 0 radical (unpaired) electrons. The number of nitriles is 3. The number of carbonyl (C=O) groups is 2. The van der Waals surface area contributed by atoms with Gasteiger partial charge in [0.05, 0.1) is 5.69 Å². The molecule has 0 aliphatic carbocycles. The summed E-state index contributed by atoms with van der Waals surface area (Å²) in [5.41, 5.74) is 0.186. The topological polar surface area (TPSA) is 124 Å². The average Bonchev–Trinajstić information content (AvgIpc) is 3.04. The van der Waals surface area contributed by atoms with Crippen LogP contribution in [0.4, 0.5) is 11.4 Å². The van der Waals surface area contributed by atoms with Crippen LogP contribution >= 0.6 is 0 Å². The fourth-order valence-corrected chi connectivity index (χ4v) is 2.88. The van der Waals surface area contributed by atoms with E-state index in [-0.39, 0.29) is 24.3 Å². The van der Waals surface area contributed by atoms with Gasteiger partial charge in [0, 0.05) is 31.6 Å². The highest BCUT2D eigenvalue weighted by atomic mass is 16.2. The predicted octanol–water partition coefficient (Wildman–Crippen LogP) is 2.58. The van der Waals surface area contributed by atoms with Gasteiger partial charge in [-0.25, -0.2) is 9.89 Å². The summed E-state index contributed by atoms with van der Waals surface area (Å²) >= 11 is 0. The molecular formula is C20H18N6O2. The molecule has 1 aliphatic heterocycles. The van der Waals surface area contributed by atoms with Gasteiger partial charge in [0.15, 0.2) is 11.3 Å². The predicted molar refractivity (Wildman–Crippen MR) is 102 cm³/mol. The van der Waals surface area contributed by atoms with Crippen LogP contribution in [-0.4, -0.2) is 35.5 Å². The number of anilines is 1. The van der Waals surface area contributed by atoms with Crippen LogP contribution in [0, 0.1) is 34.0 Å². The van der Waals surface area contributed by atoms with Crippen LogP contribution in [0.25, 0.3) is 0 Å². The van der Waals surface area contributed by atoms with E-state index < -0.39 is 17.4 Å². The highest BCUT2D eigenvalue weighted by molar-refractivity contribution is 6.19. The van der Waals surface area contributed by atoms with Gasteiger partial charge in [-0.1, -0.05) is 0 Å². The van der Waals surface area contributed by atoms with Crippen molar-refractivity contribution in [2.45, 2.75) is 26.7 Å². The second kappa shape index (κ2) is 9.12. The van der Waals surface area contributed by atoms with Gasteiger partial charge in [-0.2, -0.15) is 15.8 Å². The Morgan fingerprint density at radius 3 is 1.96 bits per heavy atom. The van der Waals surface area contributed by atoms with Gasteiger partial charge < -0.3 is 4.90 Å². The first-order valence-corrected chi connectivity index (χ1v) is 8.75. The maximum absolute atomic E-state index is 12.1. The second-order valence-electron chi connectivity index (χ2n) is 5.83. The molecule has 8 heteroatoms. The van der Waals surface area contributed by atoms with Gasteiger partial charge in [-0.3, -0.25) is 9.59 Å². The first kappa shape index (κ1) is 20.4. The molecule has 1 aromatic carbocycles. The van der Waals surface area contributed by atoms with Crippen LogP contribution < -0.4 is 4.90 Å². The molecule has 0 unspecified atom stereocenters. The van der Waals surface area contributed by atoms with E-state index in [1.165, 1.54) is 0 Å². The van der Waals surface area contributed by atoms with E-state index in [0.29, 0.717) is 10.6 Å². The van der Waals surface area contributed by atoms with Crippen molar-refractivity contribution >= 4 is 28.9 Å². The summed E-state index contributed by atoms with van der Waals surface area (Å²) in [6, 6.07) is 12.2. The highest BCUT2D eigenvalue weighted by Gasteiger charge is 2.36. The molecule has 1 fully saturated rings. The van der Waals surface area contributed by atoms with Gasteiger partial charge in [0.1, 0.15) is 23.9 Å². The fourth-order valence-electron chi connectivity index (χ4n) is 2.88. The lowest BCUT2D eigenvalue weighted by atomic mass is 10.1. The van der Waals surface area contributed by atoms with Crippen molar-refractivity contribution in [2.24, 2.45) is 4.99 Å². The highest BCUT2D eigenvalue weighted by Crippen LogP contribution is 2.25. The number of allylic oxidation sites excluding steroid dienone is 2. The van der Waals surface area contributed by atoms with Crippen LogP contribution in [0.3, 0.4) is 0 Å². The molecule has 2 amide bonds. The molecule has 1 heterocycles. The SMILES string of the molecule is CCN(CC)c1ccc(N=C(C#N)C(=C(C#N)C#N)N2C(=O)CCC2=O)cc1. The minimum Gasteiger partial charge on any atom is -0.372 e. The standard InChI is InChI=1S/C20H18N6O2/c1-3-25(4-2)16-7-5-15(6-8-16)24-17(13-23)20(14(11-21)12-22)26-18(27)9-10-19(26)28/h5-8H,3-4,9-10H2,1-2H3. The second-order valence-corrected chi connectivity index (χ2v) is 5.83. The average molecular weight is 374 g/mol. The molecule has 0 atom stereocenters. The van der Waals surface area contributed by atoms with Crippen LogP contribution in [0.1, 0.15) is 26.7 Å². The van der Waals surface area contributed by atoms with E-state index in [4.69, 9.17) is 0 Å². The third-order valence-electron chi connectivity index (χ3n) is 4.28. The third kappa shape index (κ3) is 4.06. The summed E-state index contributed by atoms with van der Waals surface area (Å²) in [6.45, 7) is 5.75. The molecule has 0 spiro atoms. The normalized spacial score (nSPS) is 13.5. The molecule has 140 valence electrons. The van der Waals surface area contributed by atoms with E-state index >= 15 is 0 Å². The lowest BCUT2D eigenvalue weighted by Gasteiger charge is -2.21. The largest absolute Gasteiger partial charge is 0.372 e. The quantitative estimate of drug-likeness (QED) is 0.428. The van der Waals surface area contributed by atoms with Crippen molar-refractivity contribution in [1.82, 2.24) is 4.90 Å². The van der Waals surface area contributed by atoms with Crippen LogP contribution in [0.2, 0.25) is 0 Å². The summed E-state index contributed by atoms with van der Waals surface area (Å²) in [4.78, 5) is 31.2. The van der Waals surface area contributed by atoms with E-state index in [1.807, 2.05) is 32.0 Å². The number of rotatable bonds is 6. The van der Waals surface area contributed by atoms with Crippen LogP contribution in [0.5, 0.6) is 0 Å². The number of hydrogen-bond acceptors (Lipinski definition) is 7. The van der Waals surface area contributed by atoms with Gasteiger partial charge in [0.25, 0.3) is 0 Å². The number of aliphatic imine (C=N–C) groups is 1. The summed E-state index contributed by atoms with van der Waals surface area (Å²) in [6.07, 6.45) is -0.0759. The molecule has 0 saturated carbocycles. The van der Waals surface area contributed by atoms with E-state index in [2.05, 4.69) is 9.89 Å². The smallest absolute Gasteiger partial charge is 0.234 e. The van der Waals surface area contributed by atoms with Crippen molar-refractivity contribution in [3.63, 3.8) is 0 Å². The van der Waals surface area contributed by atoms with Crippen molar-refractivity contribution < 1.29 is 9.59 Å². The Kier molecular flexibility index (Phi) is 6.63. The van der Waals surface area contributed by atoms with Crippen molar-refractivity contribution in [3.8, 4) is 18.2 Å². The Balaban J connectivity index is 2.54. The summed E-state index contributed by atoms with van der Waals surface area (Å²) < 4.78 is 0. The number of hydrogen-bond donors (Lipinski definition) is 0. The monoisotopic (exact) mass is 374 g/mol. The number of nitrogens with zero attached hydrogens (tertiary/aromatic N) is 6. The van der Waals surface area contributed by atoms with Crippen molar-refractivity contribution in [3.05, 3.63) is 35.5 Å². The van der Waals surface area contributed by atoms with E-state index in [1.54, 1.807) is 24.3 Å². The van der Waals surface area contributed by atoms with E-state index in [0.717, 1.165) is 18.8 Å². The Morgan fingerprint density at radius 2 is 1.54 bits per heavy atom. The first-order chi connectivity index (χ1) is 13.5. The summed E-state index contributed by atoms with van der Waals surface area (Å²) in [5, 5.41) is 28.0. The Bertz CT molecular complexity index is 934. The third-order valence-corrected chi connectivity index (χ3v) is 4.28. The molecule has 1 aliphatic rings. The minimum absolute atomic E-state index is 0.0380. The van der Waals surface area contributed by atoms with Crippen LogP contribution in [-0.2, 0) is 9.59 Å². The zero-order valence-corrected chi connectivity index (χ0v) is 15.6. The maximum Gasteiger partial charge on any atom is 0.234 e. The molecule has 1 saturated heterocycles.